The fraction of sp³-hybridized carbons (Fsp3) is 0.333. The molecule has 1 aromatic heterocycles. The number of aryl methyl sites for hydroxylation is 2. The number of aromatic carboxylic acids is 1. The molecule has 1 aliphatic heterocycles. The predicted molar refractivity (Wildman–Crippen MR) is 72.4 cm³/mol. The highest BCUT2D eigenvalue weighted by Crippen LogP contribution is 2.30. The average Bonchev–Trinajstić information content (AvgIpc) is 2.93. The number of carboxylic acid groups (broad SMARTS) is 1. The highest BCUT2D eigenvalue weighted by molar-refractivity contribution is 5.88. The summed E-state index contributed by atoms with van der Waals surface area (Å²) in [5.41, 5.74) is 4.41. The van der Waals surface area contributed by atoms with Crippen molar-refractivity contribution in [1.82, 2.24) is 9.55 Å². The Hall–Kier alpha value is -2.10. The fourth-order valence-electron chi connectivity index (χ4n) is 2.74. The second-order valence-corrected chi connectivity index (χ2v) is 5.11. The largest absolute Gasteiger partial charge is 0.476 e. The Morgan fingerprint density at radius 2 is 2.16 bits per heavy atom. The van der Waals surface area contributed by atoms with Gasteiger partial charge >= 0.3 is 5.97 Å². The van der Waals surface area contributed by atoms with Crippen LogP contribution < -0.4 is 0 Å². The molecule has 2 aromatic rings. The Bertz CT molecular complexity index is 671. The van der Waals surface area contributed by atoms with Gasteiger partial charge in [0, 0.05) is 12.1 Å². The first kappa shape index (κ1) is 12.0. The molecule has 0 spiro atoms. The molecule has 0 bridgehead atoms. The molecule has 0 atom stereocenters. The molecule has 0 amide bonds. The Morgan fingerprint density at radius 3 is 2.89 bits per heavy atom. The number of carbonyl (C=O) groups is 1. The van der Waals surface area contributed by atoms with E-state index < -0.39 is 5.97 Å². The van der Waals surface area contributed by atoms with Crippen molar-refractivity contribution in [2.45, 2.75) is 33.2 Å². The SMILES string of the molecule is Cc1ccc(C)c(-c2nc(C(=O)O)c3n2CCC3)c1. The smallest absolute Gasteiger partial charge is 0.356 e. The second-order valence-electron chi connectivity index (χ2n) is 5.11. The van der Waals surface area contributed by atoms with Crippen LogP contribution in [-0.2, 0) is 13.0 Å². The third kappa shape index (κ3) is 1.84. The molecule has 1 N–H and O–H groups in total. The van der Waals surface area contributed by atoms with Gasteiger partial charge in [0.2, 0.25) is 0 Å². The lowest BCUT2D eigenvalue weighted by atomic mass is 10.1. The first-order valence-electron chi connectivity index (χ1n) is 6.48. The molecule has 3 rings (SSSR count). The lowest BCUT2D eigenvalue weighted by molar-refractivity contribution is 0.0690. The second kappa shape index (κ2) is 4.23. The number of hydrogen-bond donors (Lipinski definition) is 1. The Labute approximate surface area is 111 Å². The summed E-state index contributed by atoms with van der Waals surface area (Å²) < 4.78 is 2.06. The Balaban J connectivity index is 2.23. The predicted octanol–water partition coefficient (Wildman–Crippen LogP) is 2.81. The molecule has 0 fully saturated rings. The summed E-state index contributed by atoms with van der Waals surface area (Å²) in [7, 11) is 0. The summed E-state index contributed by atoms with van der Waals surface area (Å²) in [5, 5.41) is 9.26. The molecule has 4 nitrogen and oxygen atoms in total. The highest BCUT2D eigenvalue weighted by atomic mass is 16.4. The first-order chi connectivity index (χ1) is 9.08. The maximum absolute atomic E-state index is 11.3. The number of rotatable bonds is 2. The van der Waals surface area contributed by atoms with E-state index in [0.29, 0.717) is 0 Å². The van der Waals surface area contributed by atoms with Crippen LogP contribution in [0.4, 0.5) is 0 Å². The average molecular weight is 256 g/mol. The van der Waals surface area contributed by atoms with Crippen LogP contribution in [-0.4, -0.2) is 20.6 Å². The van der Waals surface area contributed by atoms with Crippen LogP contribution in [0.15, 0.2) is 18.2 Å². The maximum atomic E-state index is 11.3. The van der Waals surface area contributed by atoms with Crippen LogP contribution >= 0.6 is 0 Å². The lowest BCUT2D eigenvalue weighted by Gasteiger charge is -2.08. The van der Waals surface area contributed by atoms with Gasteiger partial charge in [0.25, 0.3) is 0 Å². The molecule has 2 heterocycles. The standard InChI is InChI=1S/C15H16N2O2/c1-9-5-6-10(2)11(8-9)14-16-13(15(18)19)12-4-3-7-17(12)14/h5-6,8H,3-4,7H2,1-2H3,(H,18,19). The minimum atomic E-state index is -0.929. The summed E-state index contributed by atoms with van der Waals surface area (Å²) in [5.74, 6) is -0.131. The Morgan fingerprint density at radius 1 is 1.37 bits per heavy atom. The zero-order valence-corrected chi connectivity index (χ0v) is 11.1. The van der Waals surface area contributed by atoms with Crippen LogP contribution in [0.25, 0.3) is 11.4 Å². The van der Waals surface area contributed by atoms with Crippen LogP contribution in [0, 0.1) is 13.8 Å². The number of benzene rings is 1. The van der Waals surface area contributed by atoms with Gasteiger partial charge < -0.3 is 9.67 Å². The Kier molecular flexibility index (Phi) is 2.66. The van der Waals surface area contributed by atoms with Crippen LogP contribution in [0.3, 0.4) is 0 Å². The normalized spacial score (nSPS) is 13.6. The topological polar surface area (TPSA) is 55.1 Å². The first-order valence-corrected chi connectivity index (χ1v) is 6.48. The van der Waals surface area contributed by atoms with Crippen molar-refractivity contribution in [2.75, 3.05) is 0 Å². The van der Waals surface area contributed by atoms with Gasteiger partial charge in [0.05, 0.1) is 5.69 Å². The van der Waals surface area contributed by atoms with Crippen molar-refractivity contribution in [3.63, 3.8) is 0 Å². The van der Waals surface area contributed by atoms with Gasteiger partial charge in [0.1, 0.15) is 5.82 Å². The van der Waals surface area contributed by atoms with Gasteiger partial charge in [-0.1, -0.05) is 17.7 Å². The maximum Gasteiger partial charge on any atom is 0.356 e. The minimum absolute atomic E-state index is 0.216. The molecular weight excluding hydrogens is 240 g/mol. The van der Waals surface area contributed by atoms with Gasteiger partial charge in [-0.15, -0.1) is 0 Å². The lowest BCUT2D eigenvalue weighted by Crippen LogP contribution is -2.00. The molecule has 1 aliphatic rings. The number of fused-ring (bicyclic) bond motifs is 1. The van der Waals surface area contributed by atoms with Crippen molar-refractivity contribution >= 4 is 5.97 Å². The van der Waals surface area contributed by atoms with E-state index >= 15 is 0 Å². The van der Waals surface area contributed by atoms with Crippen molar-refractivity contribution in [2.24, 2.45) is 0 Å². The molecule has 19 heavy (non-hydrogen) atoms. The zero-order valence-electron chi connectivity index (χ0n) is 11.1. The van der Waals surface area contributed by atoms with Crippen LogP contribution in [0.2, 0.25) is 0 Å². The van der Waals surface area contributed by atoms with E-state index in [1.807, 2.05) is 13.8 Å². The number of aromatic nitrogens is 2. The van der Waals surface area contributed by atoms with Crippen LogP contribution in [0.1, 0.15) is 33.7 Å². The quantitative estimate of drug-likeness (QED) is 0.898. The molecule has 0 aliphatic carbocycles. The number of imidazole rings is 1. The molecule has 0 radical (unpaired) electrons. The van der Waals surface area contributed by atoms with Crippen molar-refractivity contribution in [1.29, 1.82) is 0 Å². The summed E-state index contributed by atoms with van der Waals surface area (Å²) in [6.45, 7) is 4.93. The van der Waals surface area contributed by atoms with E-state index in [9.17, 15) is 9.90 Å². The van der Waals surface area contributed by atoms with Gasteiger partial charge in [-0.05, 0) is 38.3 Å². The van der Waals surface area contributed by atoms with Crippen LogP contribution in [0.5, 0.6) is 0 Å². The van der Waals surface area contributed by atoms with Crippen molar-refractivity contribution in [3.05, 3.63) is 40.7 Å². The van der Waals surface area contributed by atoms with Gasteiger partial charge in [-0.25, -0.2) is 9.78 Å². The monoisotopic (exact) mass is 256 g/mol. The molecule has 98 valence electrons. The van der Waals surface area contributed by atoms with Gasteiger partial charge in [-0.2, -0.15) is 0 Å². The summed E-state index contributed by atoms with van der Waals surface area (Å²) >= 11 is 0. The summed E-state index contributed by atoms with van der Waals surface area (Å²) in [4.78, 5) is 15.6. The number of carboxylic acids is 1. The fourth-order valence-corrected chi connectivity index (χ4v) is 2.74. The van der Waals surface area contributed by atoms with Crippen molar-refractivity contribution < 1.29 is 9.90 Å². The van der Waals surface area contributed by atoms with E-state index in [-0.39, 0.29) is 5.69 Å². The number of hydrogen-bond acceptors (Lipinski definition) is 2. The summed E-state index contributed by atoms with van der Waals surface area (Å²) in [6, 6.07) is 6.20. The van der Waals surface area contributed by atoms with E-state index in [0.717, 1.165) is 47.6 Å². The third-order valence-corrected chi connectivity index (χ3v) is 3.70. The molecular formula is C15H16N2O2. The van der Waals surface area contributed by atoms with Gasteiger partial charge in [0.15, 0.2) is 5.69 Å². The minimum Gasteiger partial charge on any atom is -0.476 e. The van der Waals surface area contributed by atoms with E-state index in [1.165, 1.54) is 0 Å². The molecule has 0 unspecified atom stereocenters. The molecule has 1 aromatic carbocycles. The molecule has 0 saturated heterocycles. The van der Waals surface area contributed by atoms with E-state index in [1.54, 1.807) is 0 Å². The third-order valence-electron chi connectivity index (χ3n) is 3.70. The van der Waals surface area contributed by atoms with E-state index in [4.69, 9.17) is 0 Å². The van der Waals surface area contributed by atoms with Crippen molar-refractivity contribution in [3.8, 4) is 11.4 Å². The molecule has 4 heteroatoms. The molecule has 0 saturated carbocycles. The number of nitrogens with zero attached hydrogens (tertiary/aromatic N) is 2. The highest BCUT2D eigenvalue weighted by Gasteiger charge is 2.26. The summed E-state index contributed by atoms with van der Waals surface area (Å²) in [6.07, 6.45) is 1.80. The zero-order chi connectivity index (χ0) is 13.6. The van der Waals surface area contributed by atoms with E-state index in [2.05, 4.69) is 27.8 Å². The van der Waals surface area contributed by atoms with Gasteiger partial charge in [-0.3, -0.25) is 0 Å².